The highest BCUT2D eigenvalue weighted by Crippen LogP contribution is 2.15. The number of carbonyl (C=O) groups excluding carboxylic acids is 1. The maximum absolute atomic E-state index is 11.6. The maximum Gasteiger partial charge on any atom is 0.237 e. The summed E-state index contributed by atoms with van der Waals surface area (Å²) < 4.78 is 0.994. The Morgan fingerprint density at radius 1 is 1.44 bits per heavy atom. The Labute approximate surface area is 105 Å². The standard InChI is InChI=1S/C12H17BrN2O/c1-8(2)11(14)12(16)15-7-9-5-3-4-6-10(9)13/h3-6,8,11H,7,14H2,1-2H3,(H,15,16). The molecule has 0 radical (unpaired) electrons. The fraction of sp³-hybridized carbons (Fsp3) is 0.417. The average Bonchev–Trinajstić information content (AvgIpc) is 2.26. The van der Waals surface area contributed by atoms with Crippen molar-refractivity contribution in [2.75, 3.05) is 0 Å². The van der Waals surface area contributed by atoms with E-state index < -0.39 is 6.04 Å². The van der Waals surface area contributed by atoms with Crippen LogP contribution in [-0.2, 0) is 11.3 Å². The molecule has 0 aliphatic heterocycles. The van der Waals surface area contributed by atoms with E-state index in [-0.39, 0.29) is 11.8 Å². The van der Waals surface area contributed by atoms with Gasteiger partial charge in [-0.05, 0) is 17.5 Å². The number of hydrogen-bond donors (Lipinski definition) is 2. The third kappa shape index (κ3) is 3.61. The molecule has 0 aliphatic carbocycles. The summed E-state index contributed by atoms with van der Waals surface area (Å²) in [4.78, 5) is 11.6. The molecule has 3 N–H and O–H groups in total. The molecule has 0 aromatic heterocycles. The van der Waals surface area contributed by atoms with Crippen molar-refractivity contribution in [3.05, 3.63) is 34.3 Å². The highest BCUT2D eigenvalue weighted by Gasteiger charge is 2.16. The summed E-state index contributed by atoms with van der Waals surface area (Å²) in [6.07, 6.45) is 0. The van der Waals surface area contributed by atoms with Crippen LogP contribution in [-0.4, -0.2) is 11.9 Å². The van der Waals surface area contributed by atoms with Crippen molar-refractivity contribution in [2.45, 2.75) is 26.4 Å². The smallest absolute Gasteiger partial charge is 0.237 e. The van der Waals surface area contributed by atoms with Crippen LogP contribution < -0.4 is 11.1 Å². The van der Waals surface area contributed by atoms with Crippen LogP contribution in [0.1, 0.15) is 19.4 Å². The topological polar surface area (TPSA) is 55.1 Å². The molecule has 0 spiro atoms. The van der Waals surface area contributed by atoms with Gasteiger partial charge in [0.25, 0.3) is 0 Å². The third-order valence-electron chi connectivity index (χ3n) is 2.43. The van der Waals surface area contributed by atoms with Gasteiger partial charge in [-0.15, -0.1) is 0 Å². The lowest BCUT2D eigenvalue weighted by Gasteiger charge is -2.15. The van der Waals surface area contributed by atoms with E-state index in [9.17, 15) is 4.79 Å². The second kappa shape index (κ2) is 6.01. The Balaban J connectivity index is 2.52. The molecule has 1 atom stereocenters. The second-order valence-electron chi connectivity index (χ2n) is 4.08. The molecule has 0 saturated carbocycles. The molecule has 1 unspecified atom stereocenters. The van der Waals surface area contributed by atoms with Crippen molar-refractivity contribution in [2.24, 2.45) is 11.7 Å². The molecule has 0 saturated heterocycles. The van der Waals surface area contributed by atoms with Gasteiger partial charge in [0, 0.05) is 11.0 Å². The molecule has 3 nitrogen and oxygen atoms in total. The second-order valence-corrected chi connectivity index (χ2v) is 4.93. The number of nitrogens with one attached hydrogen (secondary N) is 1. The molecular weight excluding hydrogens is 268 g/mol. The predicted molar refractivity (Wildman–Crippen MR) is 68.8 cm³/mol. The largest absolute Gasteiger partial charge is 0.351 e. The Hall–Kier alpha value is -0.870. The summed E-state index contributed by atoms with van der Waals surface area (Å²) in [5.74, 6) is 0.0463. The number of nitrogens with two attached hydrogens (primary N) is 1. The van der Waals surface area contributed by atoms with E-state index in [2.05, 4.69) is 21.2 Å². The Morgan fingerprint density at radius 2 is 2.06 bits per heavy atom. The molecule has 0 bridgehead atoms. The van der Waals surface area contributed by atoms with E-state index in [1.54, 1.807) is 0 Å². The lowest BCUT2D eigenvalue weighted by atomic mass is 10.0. The van der Waals surface area contributed by atoms with E-state index in [0.29, 0.717) is 6.54 Å². The van der Waals surface area contributed by atoms with Gasteiger partial charge in [-0.1, -0.05) is 48.0 Å². The number of amides is 1. The number of benzene rings is 1. The molecule has 1 amide bonds. The van der Waals surface area contributed by atoms with E-state index in [1.165, 1.54) is 0 Å². The maximum atomic E-state index is 11.6. The SMILES string of the molecule is CC(C)C(N)C(=O)NCc1ccccc1Br. The van der Waals surface area contributed by atoms with Crippen molar-refractivity contribution in [3.63, 3.8) is 0 Å². The van der Waals surface area contributed by atoms with Crippen LogP contribution >= 0.6 is 15.9 Å². The molecule has 4 heteroatoms. The van der Waals surface area contributed by atoms with Gasteiger partial charge in [0.2, 0.25) is 5.91 Å². The molecular formula is C12H17BrN2O. The van der Waals surface area contributed by atoms with Crippen LogP contribution in [0.2, 0.25) is 0 Å². The molecule has 0 fully saturated rings. The number of halogens is 1. The number of carbonyl (C=O) groups is 1. The van der Waals surface area contributed by atoms with Crippen LogP contribution in [0.5, 0.6) is 0 Å². The van der Waals surface area contributed by atoms with Crippen LogP contribution in [0, 0.1) is 5.92 Å². The first kappa shape index (κ1) is 13.2. The first-order valence-corrected chi connectivity index (χ1v) is 6.08. The van der Waals surface area contributed by atoms with Gasteiger partial charge in [-0.3, -0.25) is 4.79 Å². The van der Waals surface area contributed by atoms with E-state index in [1.807, 2.05) is 38.1 Å². The Kier molecular flexibility index (Phi) is 4.96. The summed E-state index contributed by atoms with van der Waals surface area (Å²) in [5.41, 5.74) is 6.79. The van der Waals surface area contributed by atoms with Crippen molar-refractivity contribution in [1.29, 1.82) is 0 Å². The average molecular weight is 285 g/mol. The lowest BCUT2D eigenvalue weighted by molar-refractivity contribution is -0.123. The molecule has 0 aliphatic rings. The van der Waals surface area contributed by atoms with Crippen molar-refractivity contribution in [1.82, 2.24) is 5.32 Å². The zero-order valence-electron chi connectivity index (χ0n) is 9.53. The summed E-state index contributed by atoms with van der Waals surface area (Å²) in [6.45, 7) is 4.37. The highest BCUT2D eigenvalue weighted by atomic mass is 79.9. The van der Waals surface area contributed by atoms with Gasteiger partial charge in [0.05, 0.1) is 6.04 Å². The molecule has 0 heterocycles. The first-order chi connectivity index (χ1) is 7.52. The van der Waals surface area contributed by atoms with Gasteiger partial charge < -0.3 is 11.1 Å². The van der Waals surface area contributed by atoms with Crippen LogP contribution in [0.3, 0.4) is 0 Å². The highest BCUT2D eigenvalue weighted by molar-refractivity contribution is 9.10. The van der Waals surface area contributed by atoms with Gasteiger partial charge in [-0.2, -0.15) is 0 Å². The minimum absolute atomic E-state index is 0.106. The summed E-state index contributed by atoms with van der Waals surface area (Å²) in [7, 11) is 0. The van der Waals surface area contributed by atoms with Gasteiger partial charge >= 0.3 is 0 Å². The molecule has 16 heavy (non-hydrogen) atoms. The molecule has 1 rings (SSSR count). The molecule has 88 valence electrons. The van der Waals surface area contributed by atoms with Crippen molar-refractivity contribution < 1.29 is 4.79 Å². The number of hydrogen-bond acceptors (Lipinski definition) is 2. The van der Waals surface area contributed by atoms with Gasteiger partial charge in [-0.25, -0.2) is 0 Å². The van der Waals surface area contributed by atoms with Gasteiger partial charge in [0.15, 0.2) is 0 Å². The van der Waals surface area contributed by atoms with E-state index >= 15 is 0 Å². The Morgan fingerprint density at radius 3 is 2.62 bits per heavy atom. The summed E-state index contributed by atoms with van der Waals surface area (Å²) in [5, 5.41) is 2.83. The normalized spacial score (nSPS) is 12.6. The summed E-state index contributed by atoms with van der Waals surface area (Å²) >= 11 is 3.43. The third-order valence-corrected chi connectivity index (χ3v) is 3.21. The first-order valence-electron chi connectivity index (χ1n) is 5.29. The zero-order valence-corrected chi connectivity index (χ0v) is 11.1. The van der Waals surface area contributed by atoms with Crippen LogP contribution in [0.4, 0.5) is 0 Å². The fourth-order valence-corrected chi connectivity index (χ4v) is 1.67. The zero-order chi connectivity index (χ0) is 12.1. The molecule has 1 aromatic carbocycles. The van der Waals surface area contributed by atoms with E-state index in [0.717, 1.165) is 10.0 Å². The van der Waals surface area contributed by atoms with Gasteiger partial charge in [0.1, 0.15) is 0 Å². The summed E-state index contributed by atoms with van der Waals surface area (Å²) in [6, 6.07) is 7.35. The fourth-order valence-electron chi connectivity index (χ4n) is 1.24. The minimum atomic E-state index is -0.442. The minimum Gasteiger partial charge on any atom is -0.351 e. The van der Waals surface area contributed by atoms with E-state index in [4.69, 9.17) is 5.73 Å². The van der Waals surface area contributed by atoms with Crippen LogP contribution in [0.25, 0.3) is 0 Å². The lowest BCUT2D eigenvalue weighted by Crippen LogP contribution is -2.43. The van der Waals surface area contributed by atoms with Crippen LogP contribution in [0.15, 0.2) is 28.7 Å². The monoisotopic (exact) mass is 284 g/mol. The van der Waals surface area contributed by atoms with Crippen molar-refractivity contribution in [3.8, 4) is 0 Å². The van der Waals surface area contributed by atoms with Crippen molar-refractivity contribution >= 4 is 21.8 Å². The Bertz CT molecular complexity index is 366. The molecule has 1 aromatic rings. The quantitative estimate of drug-likeness (QED) is 0.889. The number of rotatable bonds is 4. The predicted octanol–water partition coefficient (Wildman–Crippen LogP) is 2.05.